The third-order valence-corrected chi connectivity index (χ3v) is 5.20. The summed E-state index contributed by atoms with van der Waals surface area (Å²) in [7, 11) is 0. The van der Waals surface area contributed by atoms with Gasteiger partial charge in [-0.05, 0) is 42.7 Å². The molecule has 0 aliphatic carbocycles. The molecule has 1 aromatic carbocycles. The number of nitrogens with two attached hydrogens (primary N) is 1. The third-order valence-electron chi connectivity index (χ3n) is 4.86. The quantitative estimate of drug-likeness (QED) is 0.282. The average Bonchev–Trinajstić information content (AvgIpc) is 3.20. The first kappa shape index (κ1) is 24.2. The van der Waals surface area contributed by atoms with Crippen LogP contribution in [0.2, 0.25) is 5.02 Å². The Kier molecular flexibility index (Phi) is 7.04. The average molecular weight is 481 g/mol. The Labute approximate surface area is 191 Å². The van der Waals surface area contributed by atoms with Crippen LogP contribution in [0.5, 0.6) is 0 Å². The number of nitrogen functional groups attached to an aromatic ring is 1. The lowest BCUT2D eigenvalue weighted by Crippen LogP contribution is -2.31. The summed E-state index contributed by atoms with van der Waals surface area (Å²) in [5.74, 6) is 3.66. The van der Waals surface area contributed by atoms with Crippen LogP contribution >= 0.6 is 11.6 Å². The molecule has 0 fully saturated rings. The van der Waals surface area contributed by atoms with E-state index in [1.54, 1.807) is 25.1 Å². The van der Waals surface area contributed by atoms with E-state index in [-0.39, 0.29) is 22.0 Å². The van der Waals surface area contributed by atoms with Crippen molar-refractivity contribution in [3.63, 3.8) is 0 Å². The van der Waals surface area contributed by atoms with Gasteiger partial charge in [-0.15, -0.1) is 0 Å². The number of pyridine rings is 1. The molecule has 3 rings (SSSR count). The molecule has 0 saturated heterocycles. The van der Waals surface area contributed by atoms with Crippen molar-refractivity contribution in [2.45, 2.75) is 33.0 Å². The number of halogens is 4. The van der Waals surface area contributed by atoms with Gasteiger partial charge in [0.1, 0.15) is 5.69 Å². The van der Waals surface area contributed by atoms with Gasteiger partial charge in [0.15, 0.2) is 5.69 Å². The fourth-order valence-corrected chi connectivity index (χ4v) is 3.40. The SMILES string of the molecule is CCc1cc(C)c(NC(=O)c2cc(C(F)(F)F)n(Cc3ncccc3Cl)n2)c(C(=O)NN)c1. The number of rotatable bonds is 6. The van der Waals surface area contributed by atoms with Gasteiger partial charge in [-0.3, -0.25) is 24.7 Å². The van der Waals surface area contributed by atoms with Crippen LogP contribution in [0, 0.1) is 6.92 Å². The summed E-state index contributed by atoms with van der Waals surface area (Å²) in [5.41, 5.74) is 2.08. The Hall–Kier alpha value is -3.44. The molecule has 0 bridgehead atoms. The minimum Gasteiger partial charge on any atom is -0.320 e. The van der Waals surface area contributed by atoms with Crippen molar-refractivity contribution in [2.24, 2.45) is 5.84 Å². The lowest BCUT2D eigenvalue weighted by atomic mass is 10.0. The summed E-state index contributed by atoms with van der Waals surface area (Å²) in [6.07, 6.45) is -2.77. The van der Waals surface area contributed by atoms with Gasteiger partial charge in [-0.1, -0.05) is 24.6 Å². The van der Waals surface area contributed by atoms with Crippen molar-refractivity contribution in [3.05, 3.63) is 75.3 Å². The molecule has 0 aliphatic rings. The van der Waals surface area contributed by atoms with Gasteiger partial charge in [0.05, 0.1) is 28.5 Å². The minimum absolute atomic E-state index is 0.0819. The van der Waals surface area contributed by atoms with Crippen LogP contribution in [0.1, 0.15) is 50.3 Å². The van der Waals surface area contributed by atoms with Crippen LogP contribution in [-0.2, 0) is 19.1 Å². The molecule has 2 aromatic heterocycles. The Bertz CT molecular complexity index is 1210. The number of aromatic nitrogens is 3. The second-order valence-corrected chi connectivity index (χ2v) is 7.53. The van der Waals surface area contributed by atoms with Gasteiger partial charge in [0.2, 0.25) is 0 Å². The molecular formula is C21H20ClF3N6O2. The number of hydrogen-bond donors (Lipinski definition) is 3. The number of carbonyl (C=O) groups excluding carboxylic acids is 2. The predicted octanol–water partition coefficient (Wildman–Crippen LogP) is 3.73. The molecule has 174 valence electrons. The first-order chi connectivity index (χ1) is 15.5. The molecular weight excluding hydrogens is 461 g/mol. The van der Waals surface area contributed by atoms with Crippen molar-refractivity contribution in [1.29, 1.82) is 0 Å². The van der Waals surface area contributed by atoms with E-state index in [0.29, 0.717) is 22.7 Å². The van der Waals surface area contributed by atoms with E-state index in [4.69, 9.17) is 17.4 Å². The van der Waals surface area contributed by atoms with Crippen LogP contribution in [0.15, 0.2) is 36.5 Å². The van der Waals surface area contributed by atoms with E-state index in [0.717, 1.165) is 5.56 Å². The monoisotopic (exact) mass is 480 g/mol. The number of nitrogens with one attached hydrogen (secondary N) is 2. The van der Waals surface area contributed by atoms with Gasteiger partial charge < -0.3 is 5.32 Å². The Morgan fingerprint density at radius 1 is 1.21 bits per heavy atom. The molecule has 0 atom stereocenters. The van der Waals surface area contributed by atoms with Gasteiger partial charge in [-0.2, -0.15) is 18.3 Å². The van der Waals surface area contributed by atoms with Gasteiger partial charge in [-0.25, -0.2) is 5.84 Å². The molecule has 8 nitrogen and oxygen atoms in total. The molecule has 3 aromatic rings. The number of aryl methyl sites for hydroxylation is 2. The van der Waals surface area contributed by atoms with Crippen LogP contribution < -0.4 is 16.6 Å². The maximum absolute atomic E-state index is 13.6. The van der Waals surface area contributed by atoms with E-state index in [2.05, 4.69) is 15.4 Å². The standard InChI is InChI=1S/C21H20ClF3N6O2/c1-3-12-7-11(2)18(13(8-12)19(32)29-26)28-20(33)15-9-17(21(23,24)25)31(30-15)10-16-14(22)5-4-6-27-16/h4-9H,3,10,26H2,1-2H3,(H,28,33)(H,29,32). The zero-order chi connectivity index (χ0) is 24.3. The molecule has 12 heteroatoms. The Morgan fingerprint density at radius 2 is 1.94 bits per heavy atom. The maximum Gasteiger partial charge on any atom is 0.433 e. The van der Waals surface area contributed by atoms with E-state index in [1.165, 1.54) is 12.3 Å². The smallest absolute Gasteiger partial charge is 0.320 e. The van der Waals surface area contributed by atoms with E-state index < -0.39 is 35.9 Å². The molecule has 0 saturated carbocycles. The van der Waals surface area contributed by atoms with Crippen molar-refractivity contribution < 1.29 is 22.8 Å². The molecule has 0 spiro atoms. The lowest BCUT2D eigenvalue weighted by Gasteiger charge is -2.14. The molecule has 0 unspecified atom stereocenters. The highest BCUT2D eigenvalue weighted by molar-refractivity contribution is 6.31. The topological polar surface area (TPSA) is 115 Å². The fraction of sp³-hybridized carbons (Fsp3) is 0.238. The number of nitrogens with zero attached hydrogens (tertiary/aromatic N) is 3. The Balaban J connectivity index is 1.99. The largest absolute Gasteiger partial charge is 0.433 e. The van der Waals surface area contributed by atoms with Gasteiger partial charge >= 0.3 is 6.18 Å². The van der Waals surface area contributed by atoms with Crippen LogP contribution in [0.3, 0.4) is 0 Å². The first-order valence-electron chi connectivity index (χ1n) is 9.75. The summed E-state index contributed by atoms with van der Waals surface area (Å²) in [4.78, 5) is 29.0. The van der Waals surface area contributed by atoms with Crippen molar-refractivity contribution in [2.75, 3.05) is 5.32 Å². The van der Waals surface area contributed by atoms with Gasteiger partial charge in [0.25, 0.3) is 11.8 Å². The number of anilines is 1. The fourth-order valence-electron chi connectivity index (χ4n) is 3.22. The van der Waals surface area contributed by atoms with Gasteiger partial charge in [0, 0.05) is 12.3 Å². The molecule has 2 amide bonds. The number of amides is 2. The number of carbonyl (C=O) groups is 2. The number of alkyl halides is 3. The molecule has 0 radical (unpaired) electrons. The molecule has 2 heterocycles. The number of benzene rings is 1. The molecule has 33 heavy (non-hydrogen) atoms. The Morgan fingerprint density at radius 3 is 2.55 bits per heavy atom. The summed E-state index contributed by atoms with van der Waals surface area (Å²) in [6, 6.07) is 6.96. The third kappa shape index (κ3) is 5.32. The molecule has 0 aliphatic heterocycles. The second-order valence-electron chi connectivity index (χ2n) is 7.12. The minimum atomic E-state index is -4.78. The summed E-state index contributed by atoms with van der Waals surface area (Å²) >= 11 is 6.01. The van der Waals surface area contributed by atoms with Crippen LogP contribution in [0.4, 0.5) is 18.9 Å². The van der Waals surface area contributed by atoms with E-state index in [1.807, 2.05) is 12.3 Å². The summed E-state index contributed by atoms with van der Waals surface area (Å²) < 4.78 is 41.4. The second kappa shape index (κ2) is 9.59. The molecule has 4 N–H and O–H groups in total. The highest BCUT2D eigenvalue weighted by atomic mass is 35.5. The zero-order valence-corrected chi connectivity index (χ0v) is 18.4. The van der Waals surface area contributed by atoms with Crippen LogP contribution in [-0.4, -0.2) is 26.6 Å². The number of hydrogen-bond acceptors (Lipinski definition) is 5. The van der Waals surface area contributed by atoms with Crippen molar-refractivity contribution >= 4 is 29.1 Å². The van der Waals surface area contributed by atoms with E-state index in [9.17, 15) is 22.8 Å². The highest BCUT2D eigenvalue weighted by Crippen LogP contribution is 2.31. The zero-order valence-electron chi connectivity index (χ0n) is 17.6. The highest BCUT2D eigenvalue weighted by Gasteiger charge is 2.37. The van der Waals surface area contributed by atoms with Crippen LogP contribution in [0.25, 0.3) is 0 Å². The normalized spacial score (nSPS) is 11.4. The predicted molar refractivity (Wildman–Crippen MR) is 116 cm³/mol. The van der Waals surface area contributed by atoms with Crippen molar-refractivity contribution in [1.82, 2.24) is 20.2 Å². The van der Waals surface area contributed by atoms with Crippen molar-refractivity contribution in [3.8, 4) is 0 Å². The summed E-state index contributed by atoms with van der Waals surface area (Å²) in [5, 5.41) is 6.48. The van der Waals surface area contributed by atoms with E-state index >= 15 is 0 Å². The lowest BCUT2D eigenvalue weighted by molar-refractivity contribution is -0.144. The number of hydrazine groups is 1. The first-order valence-corrected chi connectivity index (χ1v) is 10.1. The summed E-state index contributed by atoms with van der Waals surface area (Å²) in [6.45, 7) is 3.15. The maximum atomic E-state index is 13.6.